The van der Waals surface area contributed by atoms with Crippen molar-refractivity contribution >= 4 is 17.5 Å². The minimum atomic E-state index is -0.358. The van der Waals surface area contributed by atoms with Gasteiger partial charge in [-0.2, -0.15) is 0 Å². The van der Waals surface area contributed by atoms with Gasteiger partial charge in [-0.3, -0.25) is 9.59 Å². The number of anilines is 1. The molecule has 140 valence electrons. The van der Waals surface area contributed by atoms with Gasteiger partial charge in [0.15, 0.2) is 0 Å². The Balaban J connectivity index is 1.88. The molecule has 0 aromatic heterocycles. The van der Waals surface area contributed by atoms with Crippen LogP contribution in [0.5, 0.6) is 0 Å². The maximum Gasteiger partial charge on any atom is 0.265 e. The standard InChI is InChI=1S/C26H19NO2/c28-25(21-14-6-2-7-15-21)27(26(29)22-16-8-3-9-17-22)24-19-11-10-18-23(24)20-12-4-1-5-13-20/h1-19H. The molecule has 0 saturated heterocycles. The Kier molecular flexibility index (Phi) is 5.30. The van der Waals surface area contributed by atoms with Gasteiger partial charge in [-0.15, -0.1) is 0 Å². The van der Waals surface area contributed by atoms with Crippen LogP contribution in [0.15, 0.2) is 115 Å². The molecule has 0 heterocycles. The molecule has 2 amide bonds. The summed E-state index contributed by atoms with van der Waals surface area (Å²) >= 11 is 0. The molecule has 0 aliphatic carbocycles. The summed E-state index contributed by atoms with van der Waals surface area (Å²) in [6, 6.07) is 35.0. The molecule has 4 aromatic rings. The summed E-state index contributed by atoms with van der Waals surface area (Å²) in [5.41, 5.74) is 3.23. The number of carbonyl (C=O) groups excluding carboxylic acids is 2. The van der Waals surface area contributed by atoms with Gasteiger partial charge in [-0.25, -0.2) is 4.90 Å². The first-order valence-corrected chi connectivity index (χ1v) is 9.39. The quantitative estimate of drug-likeness (QED) is 0.419. The van der Waals surface area contributed by atoms with E-state index in [4.69, 9.17) is 0 Å². The van der Waals surface area contributed by atoms with E-state index in [1.807, 2.05) is 66.7 Å². The lowest BCUT2D eigenvalue weighted by molar-refractivity contribution is 0.0897. The molecule has 0 atom stereocenters. The van der Waals surface area contributed by atoms with E-state index in [-0.39, 0.29) is 11.8 Å². The van der Waals surface area contributed by atoms with Crippen molar-refractivity contribution in [3.63, 3.8) is 0 Å². The first-order valence-electron chi connectivity index (χ1n) is 9.39. The molecular weight excluding hydrogens is 358 g/mol. The van der Waals surface area contributed by atoms with E-state index in [0.717, 1.165) is 11.1 Å². The Morgan fingerprint density at radius 3 is 1.41 bits per heavy atom. The van der Waals surface area contributed by atoms with Crippen LogP contribution in [0, 0.1) is 0 Å². The number of nitrogens with zero attached hydrogens (tertiary/aromatic N) is 1. The normalized spacial score (nSPS) is 10.3. The second kappa shape index (κ2) is 8.36. The SMILES string of the molecule is O=C(c1ccccc1)N(C(=O)c1ccccc1)c1ccccc1-c1ccccc1. The Labute approximate surface area is 169 Å². The number of benzene rings is 4. The van der Waals surface area contributed by atoms with Gasteiger partial charge in [0, 0.05) is 16.7 Å². The number of imide groups is 1. The average molecular weight is 377 g/mol. The summed E-state index contributed by atoms with van der Waals surface area (Å²) in [5, 5.41) is 0. The van der Waals surface area contributed by atoms with Crippen molar-refractivity contribution in [3.8, 4) is 11.1 Å². The fourth-order valence-electron chi connectivity index (χ4n) is 3.26. The summed E-state index contributed by atoms with van der Waals surface area (Å²) < 4.78 is 0. The molecule has 4 rings (SSSR count). The molecule has 0 bridgehead atoms. The van der Waals surface area contributed by atoms with Gasteiger partial charge >= 0.3 is 0 Å². The second-order valence-corrected chi connectivity index (χ2v) is 6.56. The van der Waals surface area contributed by atoms with E-state index in [0.29, 0.717) is 16.8 Å². The molecule has 0 aliphatic heterocycles. The van der Waals surface area contributed by atoms with Crippen LogP contribution >= 0.6 is 0 Å². The van der Waals surface area contributed by atoms with Gasteiger partial charge in [-0.05, 0) is 35.9 Å². The first kappa shape index (κ1) is 18.4. The van der Waals surface area contributed by atoms with Crippen molar-refractivity contribution in [2.24, 2.45) is 0 Å². The zero-order chi connectivity index (χ0) is 20.1. The van der Waals surface area contributed by atoms with Crippen molar-refractivity contribution in [2.45, 2.75) is 0 Å². The van der Waals surface area contributed by atoms with E-state index < -0.39 is 0 Å². The minimum Gasteiger partial charge on any atom is -0.268 e. The third-order valence-electron chi connectivity index (χ3n) is 4.68. The fraction of sp³-hybridized carbons (Fsp3) is 0. The predicted octanol–water partition coefficient (Wildman–Crippen LogP) is 5.84. The lowest BCUT2D eigenvalue weighted by Gasteiger charge is -2.24. The monoisotopic (exact) mass is 377 g/mol. The lowest BCUT2D eigenvalue weighted by Crippen LogP contribution is -2.37. The number of rotatable bonds is 4. The van der Waals surface area contributed by atoms with Gasteiger partial charge in [0.05, 0.1) is 5.69 Å². The van der Waals surface area contributed by atoms with E-state index in [1.54, 1.807) is 48.5 Å². The Morgan fingerprint density at radius 1 is 0.483 bits per heavy atom. The molecule has 0 unspecified atom stereocenters. The molecule has 0 N–H and O–H groups in total. The molecule has 0 aliphatic rings. The fourth-order valence-corrected chi connectivity index (χ4v) is 3.26. The Morgan fingerprint density at radius 2 is 0.897 bits per heavy atom. The molecular formula is C26H19NO2. The van der Waals surface area contributed by atoms with E-state index in [2.05, 4.69) is 0 Å². The summed E-state index contributed by atoms with van der Waals surface area (Å²) in [6.07, 6.45) is 0. The Hall–Kier alpha value is -3.98. The van der Waals surface area contributed by atoms with Gasteiger partial charge in [0.2, 0.25) is 0 Å². The molecule has 0 saturated carbocycles. The van der Waals surface area contributed by atoms with E-state index in [9.17, 15) is 9.59 Å². The second-order valence-electron chi connectivity index (χ2n) is 6.56. The largest absolute Gasteiger partial charge is 0.268 e. The van der Waals surface area contributed by atoms with E-state index >= 15 is 0 Å². The summed E-state index contributed by atoms with van der Waals surface area (Å²) in [6.45, 7) is 0. The Bertz CT molecular complexity index is 1070. The lowest BCUT2D eigenvalue weighted by atomic mass is 10.0. The average Bonchev–Trinajstić information content (AvgIpc) is 2.81. The topological polar surface area (TPSA) is 37.4 Å². The van der Waals surface area contributed by atoms with Crippen LogP contribution in [0.4, 0.5) is 5.69 Å². The van der Waals surface area contributed by atoms with Gasteiger partial charge < -0.3 is 0 Å². The van der Waals surface area contributed by atoms with Gasteiger partial charge in [0.25, 0.3) is 11.8 Å². The van der Waals surface area contributed by atoms with Crippen molar-refractivity contribution < 1.29 is 9.59 Å². The third kappa shape index (κ3) is 3.85. The number of para-hydroxylation sites is 1. The predicted molar refractivity (Wildman–Crippen MR) is 116 cm³/mol. The highest BCUT2D eigenvalue weighted by Gasteiger charge is 2.27. The highest BCUT2D eigenvalue weighted by atomic mass is 16.2. The molecule has 3 heteroatoms. The van der Waals surface area contributed by atoms with Crippen molar-refractivity contribution in [1.82, 2.24) is 0 Å². The number of carbonyl (C=O) groups is 2. The highest BCUT2D eigenvalue weighted by Crippen LogP contribution is 2.32. The van der Waals surface area contributed by atoms with Crippen LogP contribution in [-0.4, -0.2) is 11.8 Å². The van der Waals surface area contributed by atoms with Crippen LogP contribution in [0.2, 0.25) is 0 Å². The molecule has 0 spiro atoms. The smallest absolute Gasteiger partial charge is 0.265 e. The highest BCUT2D eigenvalue weighted by molar-refractivity contribution is 6.26. The van der Waals surface area contributed by atoms with E-state index in [1.165, 1.54) is 4.90 Å². The maximum atomic E-state index is 13.4. The number of hydrogen-bond acceptors (Lipinski definition) is 2. The van der Waals surface area contributed by atoms with Crippen molar-refractivity contribution in [2.75, 3.05) is 4.90 Å². The third-order valence-corrected chi connectivity index (χ3v) is 4.68. The maximum absolute atomic E-state index is 13.4. The van der Waals surface area contributed by atoms with Crippen LogP contribution in [-0.2, 0) is 0 Å². The van der Waals surface area contributed by atoms with Crippen molar-refractivity contribution in [1.29, 1.82) is 0 Å². The first-order chi connectivity index (χ1) is 14.3. The zero-order valence-corrected chi connectivity index (χ0v) is 15.7. The molecule has 3 nitrogen and oxygen atoms in total. The van der Waals surface area contributed by atoms with Crippen LogP contribution in [0.3, 0.4) is 0 Å². The molecule has 0 fully saturated rings. The van der Waals surface area contributed by atoms with Gasteiger partial charge in [-0.1, -0.05) is 84.9 Å². The summed E-state index contributed by atoms with van der Waals surface area (Å²) in [5.74, 6) is -0.717. The van der Waals surface area contributed by atoms with Gasteiger partial charge in [0.1, 0.15) is 0 Å². The summed E-state index contributed by atoms with van der Waals surface area (Å²) in [7, 11) is 0. The van der Waals surface area contributed by atoms with Crippen LogP contribution in [0.25, 0.3) is 11.1 Å². The van der Waals surface area contributed by atoms with Crippen LogP contribution < -0.4 is 4.90 Å². The summed E-state index contributed by atoms with van der Waals surface area (Å²) in [4.78, 5) is 28.2. The molecule has 29 heavy (non-hydrogen) atoms. The number of hydrogen-bond donors (Lipinski definition) is 0. The molecule has 4 aromatic carbocycles. The zero-order valence-electron chi connectivity index (χ0n) is 15.7. The number of amides is 2. The van der Waals surface area contributed by atoms with Crippen molar-refractivity contribution in [3.05, 3.63) is 126 Å². The molecule has 0 radical (unpaired) electrons. The minimum absolute atomic E-state index is 0.358. The van der Waals surface area contributed by atoms with Crippen LogP contribution in [0.1, 0.15) is 20.7 Å².